The maximum Gasteiger partial charge on any atom is 0.0300 e. The van der Waals surface area contributed by atoms with Crippen molar-refractivity contribution in [2.45, 2.75) is 19.8 Å². The summed E-state index contributed by atoms with van der Waals surface area (Å²) in [5, 5.41) is 3.36. The van der Waals surface area contributed by atoms with Gasteiger partial charge in [-0.05, 0) is 31.0 Å². The van der Waals surface area contributed by atoms with Crippen LogP contribution in [-0.2, 0) is 6.42 Å². The molecule has 0 aliphatic carbocycles. The van der Waals surface area contributed by atoms with Crippen molar-refractivity contribution in [1.29, 1.82) is 0 Å². The van der Waals surface area contributed by atoms with Crippen LogP contribution >= 0.6 is 0 Å². The van der Waals surface area contributed by atoms with E-state index in [4.69, 9.17) is 0 Å². The first-order valence-corrected chi connectivity index (χ1v) is 5.09. The zero-order valence-electron chi connectivity index (χ0n) is 8.79. The third-order valence-electron chi connectivity index (χ3n) is 2.19. The van der Waals surface area contributed by atoms with Gasteiger partial charge in [0.25, 0.3) is 0 Å². The fourth-order valence-electron chi connectivity index (χ4n) is 1.17. The van der Waals surface area contributed by atoms with Gasteiger partial charge in [-0.1, -0.05) is 25.1 Å². The highest BCUT2D eigenvalue weighted by atomic mass is 14.8. The minimum atomic E-state index is 0.927. The van der Waals surface area contributed by atoms with Gasteiger partial charge in [0.15, 0.2) is 0 Å². The van der Waals surface area contributed by atoms with Gasteiger partial charge in [-0.3, -0.25) is 4.98 Å². The second-order valence-electron chi connectivity index (χ2n) is 3.39. The van der Waals surface area contributed by atoms with Crippen molar-refractivity contribution in [2.24, 2.45) is 0 Å². The molecule has 0 saturated heterocycles. The zero-order valence-corrected chi connectivity index (χ0v) is 8.79. The van der Waals surface area contributed by atoms with Gasteiger partial charge in [0.05, 0.1) is 0 Å². The summed E-state index contributed by atoms with van der Waals surface area (Å²) in [6.45, 7) is 7.99. The summed E-state index contributed by atoms with van der Waals surface area (Å²) in [6, 6.07) is 4.07. The molecule has 2 heteroatoms. The standard InChI is InChI=1S/C12H18N2/c1-3-11(2)9-14-8-6-12-5-4-7-13-10-12/h4-5,7,10,14H,2-3,6,8-9H2,1H3. The molecule has 0 unspecified atom stereocenters. The van der Waals surface area contributed by atoms with E-state index in [2.05, 4.69) is 29.9 Å². The molecule has 0 aliphatic rings. The van der Waals surface area contributed by atoms with Crippen molar-refractivity contribution >= 4 is 0 Å². The van der Waals surface area contributed by atoms with Gasteiger partial charge in [0.1, 0.15) is 0 Å². The molecule has 0 aliphatic heterocycles. The van der Waals surface area contributed by atoms with Crippen molar-refractivity contribution in [1.82, 2.24) is 10.3 Å². The summed E-state index contributed by atoms with van der Waals surface area (Å²) in [7, 11) is 0. The normalized spacial score (nSPS) is 10.1. The Morgan fingerprint density at radius 1 is 1.57 bits per heavy atom. The number of nitrogens with zero attached hydrogens (tertiary/aromatic N) is 1. The van der Waals surface area contributed by atoms with Crippen molar-refractivity contribution in [3.8, 4) is 0 Å². The third kappa shape index (κ3) is 4.19. The summed E-state index contributed by atoms with van der Waals surface area (Å²) in [5.41, 5.74) is 2.54. The summed E-state index contributed by atoms with van der Waals surface area (Å²) < 4.78 is 0. The molecule has 0 saturated carbocycles. The van der Waals surface area contributed by atoms with E-state index in [1.165, 1.54) is 11.1 Å². The average molecular weight is 190 g/mol. The van der Waals surface area contributed by atoms with Crippen molar-refractivity contribution in [3.05, 3.63) is 42.2 Å². The summed E-state index contributed by atoms with van der Waals surface area (Å²) in [5.74, 6) is 0. The van der Waals surface area contributed by atoms with E-state index in [0.717, 1.165) is 25.9 Å². The van der Waals surface area contributed by atoms with Crippen LogP contribution in [0.4, 0.5) is 0 Å². The second kappa shape index (κ2) is 6.33. The molecule has 0 radical (unpaired) electrons. The van der Waals surface area contributed by atoms with Crippen LogP contribution in [0.15, 0.2) is 36.7 Å². The number of nitrogens with one attached hydrogen (secondary N) is 1. The van der Waals surface area contributed by atoms with Crippen LogP contribution in [0.5, 0.6) is 0 Å². The first-order chi connectivity index (χ1) is 6.83. The number of hydrogen-bond acceptors (Lipinski definition) is 2. The van der Waals surface area contributed by atoms with E-state index in [1.807, 2.05) is 12.3 Å². The van der Waals surface area contributed by atoms with Crippen LogP contribution in [0.25, 0.3) is 0 Å². The van der Waals surface area contributed by atoms with Crippen LogP contribution < -0.4 is 5.32 Å². The lowest BCUT2D eigenvalue weighted by Crippen LogP contribution is -2.19. The molecular formula is C12H18N2. The molecule has 0 aromatic carbocycles. The van der Waals surface area contributed by atoms with Gasteiger partial charge in [0, 0.05) is 18.9 Å². The molecule has 0 amide bonds. The Hall–Kier alpha value is -1.15. The number of aromatic nitrogens is 1. The molecule has 14 heavy (non-hydrogen) atoms. The highest BCUT2D eigenvalue weighted by Crippen LogP contribution is 1.96. The lowest BCUT2D eigenvalue weighted by Gasteiger charge is -2.05. The quantitative estimate of drug-likeness (QED) is 0.549. The molecule has 2 nitrogen and oxygen atoms in total. The average Bonchev–Trinajstić information content (AvgIpc) is 2.25. The number of hydrogen-bond donors (Lipinski definition) is 1. The van der Waals surface area contributed by atoms with Crippen molar-refractivity contribution in [3.63, 3.8) is 0 Å². The van der Waals surface area contributed by atoms with Gasteiger partial charge in [-0.2, -0.15) is 0 Å². The molecule has 1 N–H and O–H groups in total. The predicted octanol–water partition coefficient (Wildman–Crippen LogP) is 2.18. The first-order valence-electron chi connectivity index (χ1n) is 5.09. The van der Waals surface area contributed by atoms with Gasteiger partial charge in [-0.15, -0.1) is 0 Å². The lowest BCUT2D eigenvalue weighted by molar-refractivity contribution is 0.716. The Bertz CT molecular complexity index is 267. The van der Waals surface area contributed by atoms with Gasteiger partial charge in [-0.25, -0.2) is 0 Å². The topological polar surface area (TPSA) is 24.9 Å². The molecule has 1 heterocycles. The van der Waals surface area contributed by atoms with Gasteiger partial charge >= 0.3 is 0 Å². The SMILES string of the molecule is C=C(CC)CNCCc1cccnc1. The molecular weight excluding hydrogens is 172 g/mol. The molecule has 76 valence electrons. The van der Waals surface area contributed by atoms with Crippen LogP contribution in [0.1, 0.15) is 18.9 Å². The van der Waals surface area contributed by atoms with E-state index >= 15 is 0 Å². The predicted molar refractivity (Wildman–Crippen MR) is 60.2 cm³/mol. The summed E-state index contributed by atoms with van der Waals surface area (Å²) in [6.07, 6.45) is 5.80. The fourth-order valence-corrected chi connectivity index (χ4v) is 1.17. The monoisotopic (exact) mass is 190 g/mol. The van der Waals surface area contributed by atoms with Crippen LogP contribution in [-0.4, -0.2) is 18.1 Å². The fraction of sp³-hybridized carbons (Fsp3) is 0.417. The van der Waals surface area contributed by atoms with E-state index in [1.54, 1.807) is 6.20 Å². The van der Waals surface area contributed by atoms with Gasteiger partial charge < -0.3 is 5.32 Å². The van der Waals surface area contributed by atoms with Crippen LogP contribution in [0.3, 0.4) is 0 Å². The maximum absolute atomic E-state index is 4.07. The first kappa shape index (κ1) is 10.9. The largest absolute Gasteiger partial charge is 0.313 e. The smallest absolute Gasteiger partial charge is 0.0300 e. The highest BCUT2D eigenvalue weighted by molar-refractivity contribution is 5.08. The van der Waals surface area contributed by atoms with Crippen molar-refractivity contribution in [2.75, 3.05) is 13.1 Å². The molecule has 0 atom stereocenters. The van der Waals surface area contributed by atoms with Crippen LogP contribution in [0.2, 0.25) is 0 Å². The lowest BCUT2D eigenvalue weighted by atomic mass is 10.2. The van der Waals surface area contributed by atoms with Gasteiger partial charge in [0.2, 0.25) is 0 Å². The summed E-state index contributed by atoms with van der Waals surface area (Å²) >= 11 is 0. The maximum atomic E-state index is 4.07. The Labute approximate surface area is 86.1 Å². The highest BCUT2D eigenvalue weighted by Gasteiger charge is 1.92. The van der Waals surface area contributed by atoms with E-state index < -0.39 is 0 Å². The number of rotatable bonds is 6. The van der Waals surface area contributed by atoms with E-state index in [0.29, 0.717) is 0 Å². The zero-order chi connectivity index (χ0) is 10.2. The Kier molecular flexibility index (Phi) is 4.94. The number of pyridine rings is 1. The van der Waals surface area contributed by atoms with E-state index in [9.17, 15) is 0 Å². The second-order valence-corrected chi connectivity index (χ2v) is 3.39. The molecule has 1 aromatic rings. The minimum Gasteiger partial charge on any atom is -0.313 e. The van der Waals surface area contributed by atoms with Crippen molar-refractivity contribution < 1.29 is 0 Å². The Morgan fingerprint density at radius 3 is 3.07 bits per heavy atom. The molecule has 0 bridgehead atoms. The molecule has 1 aromatic heterocycles. The molecule has 0 spiro atoms. The molecule has 1 rings (SSSR count). The third-order valence-corrected chi connectivity index (χ3v) is 2.19. The van der Waals surface area contributed by atoms with Crippen LogP contribution in [0, 0.1) is 0 Å². The summed E-state index contributed by atoms with van der Waals surface area (Å²) in [4.78, 5) is 4.07. The van der Waals surface area contributed by atoms with E-state index in [-0.39, 0.29) is 0 Å². The minimum absolute atomic E-state index is 0.927. The molecule has 0 fully saturated rings. The Morgan fingerprint density at radius 2 is 2.43 bits per heavy atom. The Balaban J connectivity index is 2.13.